The molecule has 26 heavy (non-hydrogen) atoms. The maximum absolute atomic E-state index is 12.7. The van der Waals surface area contributed by atoms with Gasteiger partial charge in [0.15, 0.2) is 0 Å². The second-order valence-corrected chi connectivity index (χ2v) is 9.15. The number of likely N-dealkylation sites (tertiary alicyclic amines) is 1. The first-order valence-electron chi connectivity index (χ1n) is 9.19. The second-order valence-electron chi connectivity index (χ2n) is 7.21. The zero-order valence-corrected chi connectivity index (χ0v) is 16.1. The molecule has 2 N–H and O–H groups in total. The van der Waals surface area contributed by atoms with E-state index in [4.69, 9.17) is 5.73 Å². The zero-order valence-electron chi connectivity index (χ0n) is 15.3. The van der Waals surface area contributed by atoms with E-state index in [1.54, 1.807) is 12.1 Å². The van der Waals surface area contributed by atoms with Crippen molar-refractivity contribution >= 4 is 15.9 Å². The molecule has 0 aliphatic carbocycles. The molecule has 2 saturated heterocycles. The summed E-state index contributed by atoms with van der Waals surface area (Å²) < 4.78 is 27.0. The molecule has 0 atom stereocenters. The lowest BCUT2D eigenvalue weighted by molar-refractivity contribution is -0.133. The quantitative estimate of drug-likeness (QED) is 0.809. The van der Waals surface area contributed by atoms with Crippen LogP contribution in [0.1, 0.15) is 18.4 Å². The van der Waals surface area contributed by atoms with Crippen LogP contribution in [0.3, 0.4) is 0 Å². The number of piperazine rings is 1. The van der Waals surface area contributed by atoms with Crippen molar-refractivity contribution < 1.29 is 13.2 Å². The summed E-state index contributed by atoms with van der Waals surface area (Å²) in [4.78, 5) is 16.7. The van der Waals surface area contributed by atoms with Gasteiger partial charge < -0.3 is 10.6 Å². The summed E-state index contributed by atoms with van der Waals surface area (Å²) >= 11 is 0. The summed E-state index contributed by atoms with van der Waals surface area (Å²) in [6.07, 6.45) is 1.71. The number of aryl methyl sites for hydroxylation is 1. The van der Waals surface area contributed by atoms with Crippen LogP contribution in [0.25, 0.3) is 0 Å². The van der Waals surface area contributed by atoms with Crippen molar-refractivity contribution in [3.8, 4) is 0 Å². The fourth-order valence-electron chi connectivity index (χ4n) is 3.43. The van der Waals surface area contributed by atoms with Crippen LogP contribution in [0, 0.1) is 6.92 Å². The average molecular weight is 381 g/mol. The molecule has 7 nitrogen and oxygen atoms in total. The Kier molecular flexibility index (Phi) is 5.96. The molecular formula is C18H28N4O3S. The molecule has 0 spiro atoms. The van der Waals surface area contributed by atoms with Crippen LogP contribution in [0.15, 0.2) is 29.2 Å². The number of sulfonamides is 1. The average Bonchev–Trinajstić information content (AvgIpc) is 2.63. The SMILES string of the molecule is Cc1ccc(S(=O)(=O)N2CCN(CC(=O)N3CCC(N)CC3)CC2)cc1. The van der Waals surface area contributed by atoms with E-state index >= 15 is 0 Å². The first kappa shape index (κ1) is 19.3. The van der Waals surface area contributed by atoms with E-state index in [1.807, 2.05) is 28.9 Å². The van der Waals surface area contributed by atoms with Gasteiger partial charge in [-0.3, -0.25) is 9.69 Å². The lowest BCUT2D eigenvalue weighted by Crippen LogP contribution is -2.52. The van der Waals surface area contributed by atoms with Gasteiger partial charge in [0.2, 0.25) is 15.9 Å². The molecule has 8 heteroatoms. The number of hydrogen-bond acceptors (Lipinski definition) is 5. The molecular weight excluding hydrogens is 352 g/mol. The van der Waals surface area contributed by atoms with Crippen molar-refractivity contribution in [2.24, 2.45) is 5.73 Å². The highest BCUT2D eigenvalue weighted by Crippen LogP contribution is 2.18. The molecule has 2 aliphatic heterocycles. The maximum Gasteiger partial charge on any atom is 0.243 e. The van der Waals surface area contributed by atoms with Gasteiger partial charge in [-0.2, -0.15) is 4.31 Å². The minimum absolute atomic E-state index is 0.117. The third kappa shape index (κ3) is 4.43. The summed E-state index contributed by atoms with van der Waals surface area (Å²) in [5.74, 6) is 0.117. The number of nitrogens with two attached hydrogens (primary N) is 1. The molecule has 0 bridgehead atoms. The number of amides is 1. The summed E-state index contributed by atoms with van der Waals surface area (Å²) in [7, 11) is -3.46. The van der Waals surface area contributed by atoms with E-state index in [0.29, 0.717) is 37.6 Å². The standard InChI is InChI=1S/C18H28N4O3S/c1-15-2-4-17(5-3-15)26(24,25)22-12-10-20(11-13-22)14-18(23)21-8-6-16(19)7-9-21/h2-5,16H,6-14,19H2,1H3. The van der Waals surface area contributed by atoms with Crippen LogP contribution in [0.4, 0.5) is 0 Å². The highest BCUT2D eigenvalue weighted by atomic mass is 32.2. The monoisotopic (exact) mass is 380 g/mol. The summed E-state index contributed by atoms with van der Waals surface area (Å²) in [5.41, 5.74) is 6.92. The van der Waals surface area contributed by atoms with E-state index in [-0.39, 0.29) is 11.9 Å². The second kappa shape index (κ2) is 8.04. The van der Waals surface area contributed by atoms with Crippen molar-refractivity contribution in [2.45, 2.75) is 30.7 Å². The van der Waals surface area contributed by atoms with Gasteiger partial charge in [0.1, 0.15) is 0 Å². The van der Waals surface area contributed by atoms with Crippen LogP contribution in [0.5, 0.6) is 0 Å². The summed E-state index contributed by atoms with van der Waals surface area (Å²) in [6.45, 7) is 5.70. The molecule has 1 aromatic rings. The van der Waals surface area contributed by atoms with E-state index in [9.17, 15) is 13.2 Å². The number of rotatable bonds is 4. The summed E-state index contributed by atoms with van der Waals surface area (Å²) in [6, 6.07) is 7.14. The molecule has 3 rings (SSSR count). The van der Waals surface area contributed by atoms with Crippen LogP contribution in [0.2, 0.25) is 0 Å². The Labute approximate surface area is 155 Å². The first-order chi connectivity index (χ1) is 12.4. The van der Waals surface area contributed by atoms with Gasteiger partial charge in [0.25, 0.3) is 0 Å². The van der Waals surface area contributed by atoms with Crippen LogP contribution in [-0.2, 0) is 14.8 Å². The molecule has 144 valence electrons. The van der Waals surface area contributed by atoms with Gasteiger partial charge in [-0.25, -0.2) is 8.42 Å². The number of hydrogen-bond donors (Lipinski definition) is 1. The van der Waals surface area contributed by atoms with Crippen molar-refractivity contribution in [3.05, 3.63) is 29.8 Å². The van der Waals surface area contributed by atoms with E-state index in [1.165, 1.54) is 4.31 Å². The lowest BCUT2D eigenvalue weighted by atomic mass is 10.1. The van der Waals surface area contributed by atoms with Crippen LogP contribution >= 0.6 is 0 Å². The number of nitrogens with zero attached hydrogens (tertiary/aromatic N) is 3. The Morgan fingerprint density at radius 3 is 2.19 bits per heavy atom. The predicted octanol–water partition coefficient (Wildman–Crippen LogP) is 0.251. The fourth-order valence-corrected chi connectivity index (χ4v) is 4.85. The van der Waals surface area contributed by atoms with Crippen LogP contribution < -0.4 is 5.73 Å². The third-order valence-corrected chi connectivity index (χ3v) is 7.15. The topological polar surface area (TPSA) is 87.0 Å². The highest BCUT2D eigenvalue weighted by molar-refractivity contribution is 7.89. The van der Waals surface area contributed by atoms with E-state index < -0.39 is 10.0 Å². The van der Waals surface area contributed by atoms with Gasteiger partial charge in [0.05, 0.1) is 11.4 Å². The zero-order chi connectivity index (χ0) is 18.7. The van der Waals surface area contributed by atoms with Crippen LogP contribution in [-0.4, -0.2) is 80.3 Å². The molecule has 1 aromatic carbocycles. The Bertz CT molecular complexity index is 719. The molecule has 0 saturated carbocycles. The Morgan fingerprint density at radius 1 is 1.04 bits per heavy atom. The predicted molar refractivity (Wildman–Crippen MR) is 100 cm³/mol. The molecule has 2 fully saturated rings. The normalized spacial score (nSPS) is 21.1. The molecule has 2 aliphatic rings. The van der Waals surface area contributed by atoms with Gasteiger partial charge >= 0.3 is 0 Å². The Morgan fingerprint density at radius 2 is 1.62 bits per heavy atom. The maximum atomic E-state index is 12.7. The van der Waals surface area contributed by atoms with Crippen molar-refractivity contribution in [1.29, 1.82) is 0 Å². The molecule has 0 unspecified atom stereocenters. The molecule has 1 amide bonds. The highest BCUT2D eigenvalue weighted by Gasteiger charge is 2.30. The lowest BCUT2D eigenvalue weighted by Gasteiger charge is -2.36. The smallest absolute Gasteiger partial charge is 0.243 e. The van der Waals surface area contributed by atoms with E-state index in [2.05, 4.69) is 0 Å². The largest absolute Gasteiger partial charge is 0.341 e. The number of carbonyl (C=O) groups excluding carboxylic acids is 1. The minimum atomic E-state index is -3.46. The summed E-state index contributed by atoms with van der Waals surface area (Å²) in [5, 5.41) is 0. The number of benzene rings is 1. The van der Waals surface area contributed by atoms with Gasteiger partial charge in [-0.15, -0.1) is 0 Å². The Hall–Kier alpha value is -1.48. The van der Waals surface area contributed by atoms with Gasteiger partial charge in [-0.05, 0) is 31.9 Å². The molecule has 0 aromatic heterocycles. The van der Waals surface area contributed by atoms with Gasteiger partial charge in [0, 0.05) is 45.3 Å². The van der Waals surface area contributed by atoms with Gasteiger partial charge in [-0.1, -0.05) is 17.7 Å². The van der Waals surface area contributed by atoms with Crippen molar-refractivity contribution in [1.82, 2.24) is 14.1 Å². The Balaban J connectivity index is 1.52. The minimum Gasteiger partial charge on any atom is -0.341 e. The third-order valence-electron chi connectivity index (χ3n) is 5.24. The van der Waals surface area contributed by atoms with E-state index in [0.717, 1.165) is 31.5 Å². The molecule has 0 radical (unpaired) electrons. The number of piperidine rings is 1. The fraction of sp³-hybridized carbons (Fsp3) is 0.611. The van der Waals surface area contributed by atoms with Crippen molar-refractivity contribution in [3.63, 3.8) is 0 Å². The van der Waals surface area contributed by atoms with Crippen molar-refractivity contribution in [2.75, 3.05) is 45.8 Å². The first-order valence-corrected chi connectivity index (χ1v) is 10.6. The number of carbonyl (C=O) groups is 1. The molecule has 2 heterocycles.